The summed E-state index contributed by atoms with van der Waals surface area (Å²) >= 11 is 11.5. The van der Waals surface area contributed by atoms with Crippen LogP contribution in [0.4, 0.5) is 24.5 Å². The summed E-state index contributed by atoms with van der Waals surface area (Å²) in [6.45, 7) is -0.180. The van der Waals surface area contributed by atoms with Crippen LogP contribution in [0.1, 0.15) is 15.9 Å². The molecule has 0 saturated carbocycles. The molecule has 3 aromatic rings. The van der Waals surface area contributed by atoms with Crippen LogP contribution in [0.2, 0.25) is 10.0 Å². The van der Waals surface area contributed by atoms with Gasteiger partial charge in [0.25, 0.3) is 18.1 Å². The van der Waals surface area contributed by atoms with Gasteiger partial charge in [-0.1, -0.05) is 47.5 Å². The Bertz CT molecular complexity index is 1160. The number of carbonyl (C=O) groups excluding carboxylic acids is 2. The third kappa shape index (κ3) is 7.19. The maximum Gasteiger partial charge on any atom is 0.420 e. The third-order valence-electron chi connectivity index (χ3n) is 3.88. The van der Waals surface area contributed by atoms with Crippen molar-refractivity contribution in [2.24, 2.45) is 0 Å². The van der Waals surface area contributed by atoms with Crippen molar-refractivity contribution in [2.45, 2.75) is 6.18 Å². The van der Waals surface area contributed by atoms with Crippen LogP contribution in [-0.4, -0.2) is 17.3 Å². The third-order valence-corrected chi connectivity index (χ3v) is 4.61. The highest BCUT2D eigenvalue weighted by molar-refractivity contribution is 6.42. The number of nitro groups is 1. The van der Waals surface area contributed by atoms with Gasteiger partial charge in [0.2, 0.25) is 0 Å². The van der Waals surface area contributed by atoms with Gasteiger partial charge in [-0.25, -0.2) is 0 Å². The molecule has 0 atom stereocenters. The number of benzene rings is 3. The van der Waals surface area contributed by atoms with Gasteiger partial charge < -0.3 is 10.1 Å². The summed E-state index contributed by atoms with van der Waals surface area (Å²) < 4.78 is 43.3. The van der Waals surface area contributed by atoms with Crippen LogP contribution in [0.3, 0.4) is 0 Å². The molecule has 0 fully saturated rings. The number of nitrogens with zero attached hydrogens (tertiary/aromatic N) is 1. The van der Waals surface area contributed by atoms with Crippen LogP contribution < -0.4 is 10.1 Å². The lowest BCUT2D eigenvalue weighted by Gasteiger charge is -2.14. The molecule has 0 heterocycles. The van der Waals surface area contributed by atoms with Gasteiger partial charge in [0, 0.05) is 17.8 Å². The van der Waals surface area contributed by atoms with Crippen LogP contribution in [-0.2, 0) is 11.0 Å². The van der Waals surface area contributed by atoms with Crippen molar-refractivity contribution in [3.05, 3.63) is 98.0 Å². The first-order valence-corrected chi connectivity index (χ1v) is 9.56. The van der Waals surface area contributed by atoms with E-state index in [9.17, 15) is 32.9 Å². The molecule has 3 aromatic carbocycles. The molecule has 0 saturated heterocycles. The Hall–Kier alpha value is -3.63. The van der Waals surface area contributed by atoms with E-state index in [1.54, 1.807) is 18.2 Å². The molecule has 0 spiro atoms. The molecule has 3 rings (SSSR count). The number of hydrogen-bond donors (Lipinski definition) is 1. The summed E-state index contributed by atoms with van der Waals surface area (Å²) in [4.78, 5) is 32.3. The number of hydrogen-bond acceptors (Lipinski definition) is 5. The number of nitro benzene ring substituents is 1. The highest BCUT2D eigenvalue weighted by atomic mass is 35.5. The van der Waals surface area contributed by atoms with E-state index >= 15 is 0 Å². The summed E-state index contributed by atoms with van der Waals surface area (Å²) in [6, 6.07) is 14.9. The molecular weight excluding hydrogens is 488 g/mol. The van der Waals surface area contributed by atoms with Crippen molar-refractivity contribution >= 4 is 47.0 Å². The molecule has 0 bridgehead atoms. The number of rotatable bonds is 5. The fraction of sp³-hybridized carbons (Fsp3) is 0.0476. The van der Waals surface area contributed by atoms with Gasteiger partial charge in [-0.05, 0) is 30.3 Å². The number of nitrogens with one attached hydrogen (secondary N) is 1. The van der Waals surface area contributed by atoms with E-state index in [4.69, 9.17) is 23.2 Å². The Balaban J connectivity index is 0.000000357. The van der Waals surface area contributed by atoms with E-state index in [1.165, 1.54) is 30.3 Å². The van der Waals surface area contributed by atoms with Gasteiger partial charge in [-0.15, -0.1) is 0 Å². The van der Waals surface area contributed by atoms with Crippen molar-refractivity contribution in [3.63, 3.8) is 0 Å². The predicted molar refractivity (Wildman–Crippen MR) is 116 cm³/mol. The number of para-hydroxylation sites is 2. The Morgan fingerprint density at radius 3 is 2.18 bits per heavy atom. The molecule has 33 heavy (non-hydrogen) atoms. The minimum absolute atomic E-state index is 0.137. The lowest BCUT2D eigenvalue weighted by molar-refractivity contribution is -0.384. The monoisotopic (exact) mass is 500 g/mol. The second-order valence-corrected chi connectivity index (χ2v) is 6.88. The fourth-order valence-corrected chi connectivity index (χ4v) is 2.73. The fourth-order valence-electron chi connectivity index (χ4n) is 2.44. The van der Waals surface area contributed by atoms with E-state index < -0.39 is 33.9 Å². The molecule has 12 heteroatoms. The lowest BCUT2D eigenvalue weighted by atomic mass is 10.1. The first-order chi connectivity index (χ1) is 15.5. The molecule has 1 N–H and O–H groups in total. The Labute approximate surface area is 194 Å². The highest BCUT2D eigenvalue weighted by Crippen LogP contribution is 2.38. The van der Waals surface area contributed by atoms with Crippen molar-refractivity contribution in [2.75, 3.05) is 5.32 Å². The predicted octanol–water partition coefficient (Wildman–Crippen LogP) is 6.39. The second kappa shape index (κ2) is 11.3. The largest absolute Gasteiger partial charge is 0.427 e. The lowest BCUT2D eigenvalue weighted by Crippen LogP contribution is -2.17. The minimum Gasteiger partial charge on any atom is -0.427 e. The number of alkyl halides is 3. The number of carbonyl (C=O) groups is 2. The van der Waals surface area contributed by atoms with Crippen LogP contribution in [0.5, 0.6) is 5.75 Å². The molecule has 0 aliphatic carbocycles. The molecule has 0 aliphatic rings. The zero-order chi connectivity index (χ0) is 24.6. The SMILES string of the molecule is O=COc1c(C(=O)Nc2ccc(Cl)c(Cl)c2)cccc1C(F)(F)F.O=[N+]([O-])c1ccccc1. The Morgan fingerprint density at radius 2 is 1.67 bits per heavy atom. The molecular formula is C21H13Cl2F3N2O5. The Kier molecular flexibility index (Phi) is 8.78. The maximum atomic E-state index is 13.0. The van der Waals surface area contributed by atoms with Gasteiger partial charge in [0.15, 0.2) is 5.75 Å². The summed E-state index contributed by atoms with van der Waals surface area (Å²) in [5.41, 5.74) is -1.35. The number of ether oxygens (including phenoxy) is 1. The van der Waals surface area contributed by atoms with Gasteiger partial charge in [0.05, 0.1) is 26.1 Å². The van der Waals surface area contributed by atoms with Crippen molar-refractivity contribution < 1.29 is 32.4 Å². The zero-order valence-corrected chi connectivity index (χ0v) is 17.8. The number of halogens is 5. The Morgan fingerprint density at radius 1 is 1.00 bits per heavy atom. The number of non-ortho nitro benzene ring substituents is 1. The quantitative estimate of drug-likeness (QED) is 0.248. The summed E-state index contributed by atoms with van der Waals surface area (Å²) in [5, 5.41) is 12.8. The van der Waals surface area contributed by atoms with Crippen LogP contribution in [0, 0.1) is 10.1 Å². The van der Waals surface area contributed by atoms with Crippen LogP contribution >= 0.6 is 23.2 Å². The minimum atomic E-state index is -4.79. The summed E-state index contributed by atoms with van der Waals surface area (Å²) in [6.07, 6.45) is -4.79. The molecule has 172 valence electrons. The van der Waals surface area contributed by atoms with E-state index in [2.05, 4.69) is 10.1 Å². The van der Waals surface area contributed by atoms with Gasteiger partial charge >= 0.3 is 6.18 Å². The van der Waals surface area contributed by atoms with E-state index in [0.29, 0.717) is 6.07 Å². The average molecular weight is 501 g/mol. The number of amides is 1. The van der Waals surface area contributed by atoms with E-state index in [1.807, 2.05) is 0 Å². The maximum absolute atomic E-state index is 13.0. The number of anilines is 1. The van der Waals surface area contributed by atoms with Gasteiger partial charge in [0.1, 0.15) is 0 Å². The topological polar surface area (TPSA) is 98.5 Å². The van der Waals surface area contributed by atoms with E-state index in [-0.39, 0.29) is 27.9 Å². The van der Waals surface area contributed by atoms with Crippen LogP contribution in [0.25, 0.3) is 0 Å². The molecule has 0 radical (unpaired) electrons. The van der Waals surface area contributed by atoms with Gasteiger partial charge in [-0.3, -0.25) is 19.7 Å². The van der Waals surface area contributed by atoms with Crippen molar-refractivity contribution in [1.29, 1.82) is 0 Å². The summed E-state index contributed by atoms with van der Waals surface area (Å²) in [7, 11) is 0. The molecule has 0 aromatic heterocycles. The smallest absolute Gasteiger partial charge is 0.420 e. The first kappa shape index (κ1) is 25.6. The molecule has 7 nitrogen and oxygen atoms in total. The average Bonchev–Trinajstić information content (AvgIpc) is 2.77. The first-order valence-electron chi connectivity index (χ1n) is 8.81. The summed E-state index contributed by atoms with van der Waals surface area (Å²) in [5.74, 6) is -1.78. The standard InChI is InChI=1S/C15H8Cl2F3NO3.C6H5NO2/c16-11-5-4-8(6-12(11)17)21-14(23)9-2-1-3-10(15(18,19)20)13(9)24-7-22;8-7(9)6-4-2-1-3-5-6/h1-7H,(H,21,23);1-5H. The molecule has 0 aliphatic heterocycles. The van der Waals surface area contributed by atoms with Gasteiger partial charge in [-0.2, -0.15) is 13.2 Å². The zero-order valence-electron chi connectivity index (χ0n) is 16.3. The normalized spacial score (nSPS) is 10.5. The van der Waals surface area contributed by atoms with Crippen LogP contribution in [0.15, 0.2) is 66.7 Å². The second-order valence-electron chi connectivity index (χ2n) is 6.07. The van der Waals surface area contributed by atoms with Crippen molar-refractivity contribution in [1.82, 2.24) is 0 Å². The molecule has 1 amide bonds. The van der Waals surface area contributed by atoms with E-state index in [0.717, 1.165) is 12.1 Å². The van der Waals surface area contributed by atoms with Crippen molar-refractivity contribution in [3.8, 4) is 5.75 Å². The highest BCUT2D eigenvalue weighted by Gasteiger charge is 2.36. The molecule has 0 unspecified atom stereocenters.